The van der Waals surface area contributed by atoms with Gasteiger partial charge in [-0.2, -0.15) is 0 Å². The third kappa shape index (κ3) is 1.71. The Kier molecular flexibility index (Phi) is 2.51. The first-order valence-corrected chi connectivity index (χ1v) is 5.03. The van der Waals surface area contributed by atoms with Gasteiger partial charge in [-0.05, 0) is 28.1 Å². The van der Waals surface area contributed by atoms with Crippen LogP contribution in [0.15, 0.2) is 32.3 Å². The van der Waals surface area contributed by atoms with Crippen LogP contribution in [0.3, 0.4) is 0 Å². The fourth-order valence-corrected chi connectivity index (χ4v) is 2.00. The number of aromatic nitrogens is 1. The minimum atomic E-state index is -0.843. The Balaban J connectivity index is 3.16. The number of hydrogen-bond donors (Lipinski definition) is 2. The predicted molar refractivity (Wildman–Crippen MR) is 60.2 cm³/mol. The van der Waals surface area contributed by atoms with Crippen molar-refractivity contribution in [3.05, 3.63) is 49.1 Å². The molecule has 6 heteroatoms. The number of fused-ring (bicyclic) bond motifs is 1. The summed E-state index contributed by atoms with van der Waals surface area (Å²) in [6, 6.07) is 2.92. The van der Waals surface area contributed by atoms with Crippen LogP contribution in [0.1, 0.15) is 0 Å². The van der Waals surface area contributed by atoms with Gasteiger partial charge in [-0.3, -0.25) is 9.59 Å². The Morgan fingerprint density at radius 1 is 1.25 bits per heavy atom. The van der Waals surface area contributed by atoms with E-state index in [9.17, 15) is 19.1 Å². The van der Waals surface area contributed by atoms with E-state index in [4.69, 9.17) is 0 Å². The molecule has 1 aromatic heterocycles. The highest BCUT2D eigenvalue weighted by atomic mass is 79.9. The standard InChI is InChI=1S/C10H5BrFNO3/c11-5-1-4(12)2-6-9(5)7(14)3-8(15)10(16)13-6/h1-3,15H,(H,13,16). The normalized spacial score (nSPS) is 10.6. The molecule has 1 aromatic carbocycles. The number of benzene rings is 1. The SMILES string of the molecule is O=c1[nH]c2cc(F)cc(Br)c2c(=O)cc1O. The molecular weight excluding hydrogens is 281 g/mol. The van der Waals surface area contributed by atoms with Crippen molar-refractivity contribution in [1.29, 1.82) is 0 Å². The van der Waals surface area contributed by atoms with Crippen LogP contribution in [-0.2, 0) is 0 Å². The first-order valence-electron chi connectivity index (χ1n) is 4.24. The molecule has 16 heavy (non-hydrogen) atoms. The molecule has 0 unspecified atom stereocenters. The van der Waals surface area contributed by atoms with Gasteiger partial charge in [0.2, 0.25) is 0 Å². The van der Waals surface area contributed by atoms with Gasteiger partial charge in [0.1, 0.15) is 5.82 Å². The average molecular weight is 286 g/mol. The lowest BCUT2D eigenvalue weighted by atomic mass is 10.2. The lowest BCUT2D eigenvalue weighted by Crippen LogP contribution is -2.00. The Bertz CT molecular complexity index is 696. The Morgan fingerprint density at radius 3 is 2.62 bits per heavy atom. The molecule has 2 N–H and O–H groups in total. The summed E-state index contributed by atoms with van der Waals surface area (Å²) in [7, 11) is 0. The van der Waals surface area contributed by atoms with Gasteiger partial charge in [-0.1, -0.05) is 0 Å². The number of halogens is 2. The highest BCUT2D eigenvalue weighted by molar-refractivity contribution is 9.10. The highest BCUT2D eigenvalue weighted by Gasteiger charge is 2.07. The lowest BCUT2D eigenvalue weighted by molar-refractivity contribution is 0.468. The number of rotatable bonds is 0. The molecule has 0 radical (unpaired) electrons. The van der Waals surface area contributed by atoms with Gasteiger partial charge in [0.25, 0.3) is 5.56 Å². The third-order valence-electron chi connectivity index (χ3n) is 2.05. The maximum absolute atomic E-state index is 13.1. The quantitative estimate of drug-likeness (QED) is 0.771. The van der Waals surface area contributed by atoms with Crippen molar-refractivity contribution in [1.82, 2.24) is 4.98 Å². The van der Waals surface area contributed by atoms with E-state index in [-0.39, 0.29) is 15.4 Å². The van der Waals surface area contributed by atoms with Crippen LogP contribution in [0, 0.1) is 5.82 Å². The van der Waals surface area contributed by atoms with E-state index in [1.54, 1.807) is 0 Å². The Hall–Kier alpha value is -1.69. The number of aromatic hydroxyl groups is 1. The number of nitrogens with one attached hydrogen (secondary N) is 1. The molecule has 2 aromatic rings. The maximum atomic E-state index is 13.1. The summed E-state index contributed by atoms with van der Waals surface area (Å²) in [6.45, 7) is 0. The van der Waals surface area contributed by atoms with Crippen LogP contribution in [0.5, 0.6) is 5.75 Å². The molecule has 82 valence electrons. The summed E-state index contributed by atoms with van der Waals surface area (Å²) < 4.78 is 13.3. The molecule has 0 saturated carbocycles. The second-order valence-electron chi connectivity index (χ2n) is 3.16. The molecule has 0 aliphatic carbocycles. The first-order chi connectivity index (χ1) is 7.49. The fraction of sp³-hybridized carbons (Fsp3) is 0. The smallest absolute Gasteiger partial charge is 0.290 e. The van der Waals surface area contributed by atoms with E-state index in [1.807, 2.05) is 0 Å². The van der Waals surface area contributed by atoms with Crippen LogP contribution >= 0.6 is 15.9 Å². The molecule has 0 spiro atoms. The fourth-order valence-electron chi connectivity index (χ4n) is 1.37. The summed E-state index contributed by atoms with van der Waals surface area (Å²) in [5.74, 6) is -1.30. The zero-order chi connectivity index (χ0) is 11.9. The molecule has 0 bridgehead atoms. The Morgan fingerprint density at radius 2 is 1.94 bits per heavy atom. The minimum Gasteiger partial charge on any atom is -0.503 e. The van der Waals surface area contributed by atoms with Crippen molar-refractivity contribution in [2.75, 3.05) is 0 Å². The summed E-state index contributed by atoms with van der Waals surface area (Å²) in [4.78, 5) is 25.1. The van der Waals surface area contributed by atoms with E-state index in [0.29, 0.717) is 0 Å². The van der Waals surface area contributed by atoms with E-state index in [2.05, 4.69) is 20.9 Å². The van der Waals surface area contributed by atoms with Crippen molar-refractivity contribution in [3.8, 4) is 5.75 Å². The molecule has 0 amide bonds. The van der Waals surface area contributed by atoms with E-state index < -0.39 is 22.6 Å². The second kappa shape index (κ2) is 3.71. The first kappa shape index (κ1) is 10.8. The van der Waals surface area contributed by atoms with Gasteiger partial charge in [0.15, 0.2) is 11.2 Å². The maximum Gasteiger partial charge on any atom is 0.290 e. The number of H-pyrrole nitrogens is 1. The summed E-state index contributed by atoms with van der Waals surface area (Å²) in [5.41, 5.74) is -1.38. The largest absolute Gasteiger partial charge is 0.503 e. The van der Waals surface area contributed by atoms with Gasteiger partial charge in [-0.25, -0.2) is 4.39 Å². The molecule has 4 nitrogen and oxygen atoms in total. The van der Waals surface area contributed by atoms with Gasteiger partial charge < -0.3 is 10.1 Å². The molecule has 0 aliphatic rings. The van der Waals surface area contributed by atoms with Crippen LogP contribution in [0.2, 0.25) is 0 Å². The van der Waals surface area contributed by atoms with Crippen molar-refractivity contribution in [2.24, 2.45) is 0 Å². The number of aromatic amines is 1. The minimum absolute atomic E-state index is 0.0298. The second-order valence-corrected chi connectivity index (χ2v) is 4.01. The van der Waals surface area contributed by atoms with Crippen molar-refractivity contribution in [2.45, 2.75) is 0 Å². The van der Waals surface area contributed by atoms with Crippen LogP contribution in [0.4, 0.5) is 4.39 Å². The average Bonchev–Trinajstić information content (AvgIpc) is 2.24. The Labute approximate surface area is 96.5 Å². The van der Waals surface area contributed by atoms with Crippen LogP contribution < -0.4 is 11.0 Å². The van der Waals surface area contributed by atoms with Crippen molar-refractivity contribution >= 4 is 26.8 Å². The molecule has 0 fully saturated rings. The molecule has 2 rings (SSSR count). The molecule has 0 saturated heterocycles. The monoisotopic (exact) mass is 285 g/mol. The topological polar surface area (TPSA) is 70.2 Å². The predicted octanol–water partition coefficient (Wildman–Crippen LogP) is 1.50. The lowest BCUT2D eigenvalue weighted by Gasteiger charge is -1.95. The zero-order valence-corrected chi connectivity index (χ0v) is 9.34. The van der Waals surface area contributed by atoms with E-state index in [1.165, 1.54) is 0 Å². The summed E-state index contributed by atoms with van der Waals surface area (Å²) in [5, 5.41) is 9.29. The van der Waals surface area contributed by atoms with Crippen LogP contribution in [-0.4, -0.2) is 10.1 Å². The van der Waals surface area contributed by atoms with Crippen LogP contribution in [0.25, 0.3) is 10.9 Å². The van der Waals surface area contributed by atoms with E-state index in [0.717, 1.165) is 18.2 Å². The molecular formula is C10H5BrFNO3. The number of hydrogen-bond acceptors (Lipinski definition) is 3. The van der Waals surface area contributed by atoms with Gasteiger partial charge in [0, 0.05) is 10.5 Å². The molecule has 0 atom stereocenters. The van der Waals surface area contributed by atoms with Gasteiger partial charge in [0.05, 0.1) is 10.9 Å². The zero-order valence-electron chi connectivity index (χ0n) is 7.75. The summed E-state index contributed by atoms with van der Waals surface area (Å²) >= 11 is 3.02. The molecule has 0 aliphatic heterocycles. The van der Waals surface area contributed by atoms with Gasteiger partial charge >= 0.3 is 0 Å². The summed E-state index contributed by atoms with van der Waals surface area (Å²) in [6.07, 6.45) is 0. The third-order valence-corrected chi connectivity index (χ3v) is 2.68. The van der Waals surface area contributed by atoms with E-state index >= 15 is 0 Å². The highest BCUT2D eigenvalue weighted by Crippen LogP contribution is 2.20. The van der Waals surface area contributed by atoms with Gasteiger partial charge in [-0.15, -0.1) is 0 Å². The van der Waals surface area contributed by atoms with Crippen molar-refractivity contribution in [3.63, 3.8) is 0 Å². The molecule has 1 heterocycles. The van der Waals surface area contributed by atoms with Crippen molar-refractivity contribution < 1.29 is 9.50 Å².